The van der Waals surface area contributed by atoms with Gasteiger partial charge in [0.2, 0.25) is 11.1 Å². The molecule has 0 aliphatic carbocycles. The number of carbonyl (C=O) groups is 1. The Morgan fingerprint density at radius 1 is 1.24 bits per heavy atom. The first-order valence-electron chi connectivity index (χ1n) is 11.2. The molecule has 2 aromatic carbocycles. The molecule has 2 heterocycles. The third-order valence-electron chi connectivity index (χ3n) is 5.80. The van der Waals surface area contributed by atoms with Crippen molar-refractivity contribution >= 4 is 23.4 Å². The van der Waals surface area contributed by atoms with Gasteiger partial charge < -0.3 is 4.74 Å². The van der Waals surface area contributed by atoms with E-state index in [2.05, 4.69) is 11.9 Å². The van der Waals surface area contributed by atoms with Crippen molar-refractivity contribution in [1.82, 2.24) is 10.1 Å². The number of unbranched alkanes of at least 4 members (excludes halogenated alkanes) is 2. The average Bonchev–Trinajstić information content (AvgIpc) is 2.80. The topological polar surface area (TPSA) is 79.2 Å². The fourth-order valence-corrected chi connectivity index (χ4v) is 5.11. The molecule has 3 aromatic rings. The van der Waals surface area contributed by atoms with E-state index in [0.717, 1.165) is 41.9 Å². The van der Waals surface area contributed by atoms with Gasteiger partial charge in [-0.3, -0.25) is 14.6 Å². The Hall–Kier alpha value is -3.13. The molecule has 0 saturated heterocycles. The Morgan fingerprint density at radius 2 is 2.03 bits per heavy atom. The number of methoxy groups -OCH3 is 1. The van der Waals surface area contributed by atoms with E-state index in [-0.39, 0.29) is 11.5 Å². The number of rotatable bonds is 7. The van der Waals surface area contributed by atoms with Crippen LogP contribution in [0.15, 0.2) is 52.4 Å². The van der Waals surface area contributed by atoms with E-state index >= 15 is 0 Å². The van der Waals surface area contributed by atoms with Crippen molar-refractivity contribution in [1.29, 1.82) is 0 Å². The lowest BCUT2D eigenvalue weighted by Crippen LogP contribution is -2.60. The second kappa shape index (κ2) is 9.79. The lowest BCUT2D eigenvalue weighted by molar-refractivity contribution is -0.763. The number of hydrogen-bond donors (Lipinski definition) is 1. The maximum absolute atomic E-state index is 13.3. The van der Waals surface area contributed by atoms with Crippen molar-refractivity contribution in [2.24, 2.45) is 0 Å². The number of thioether (sulfide) groups is 1. The van der Waals surface area contributed by atoms with Crippen molar-refractivity contribution in [3.8, 4) is 17.0 Å². The number of amides is 1. The van der Waals surface area contributed by atoms with Crippen LogP contribution in [0.2, 0.25) is 0 Å². The van der Waals surface area contributed by atoms with Gasteiger partial charge in [-0.1, -0.05) is 43.7 Å². The van der Waals surface area contributed by atoms with Crippen LogP contribution in [0.4, 0.5) is 5.69 Å². The molecular weight excluding hydrogens is 436 g/mol. The van der Waals surface area contributed by atoms with Gasteiger partial charge in [-0.25, -0.2) is 4.90 Å². The van der Waals surface area contributed by atoms with Gasteiger partial charge in [-0.15, -0.1) is 0 Å². The van der Waals surface area contributed by atoms with Crippen LogP contribution < -0.4 is 19.9 Å². The number of nitrogens with one attached hydrogen (secondary N) is 1. The number of H-pyrrole nitrogens is 1. The van der Waals surface area contributed by atoms with Crippen LogP contribution in [0, 0.1) is 6.92 Å². The van der Waals surface area contributed by atoms with Crippen molar-refractivity contribution in [3.05, 3.63) is 63.9 Å². The molecule has 1 aliphatic rings. The summed E-state index contributed by atoms with van der Waals surface area (Å²) in [4.78, 5) is 30.9. The predicted molar refractivity (Wildman–Crippen MR) is 130 cm³/mol. The lowest BCUT2D eigenvalue weighted by Gasteiger charge is -2.31. The standard InChI is InChI=1S/C25H28N4O3S/c1-5-6-9-14-33-25-26-23(31)22-19-10-7-8-11-20(19)28(17(3)30)24(29(22)27-25)18-12-13-21(32-4)16(2)15-18/h7-8,10-13,15,24H,5-6,9,14H2,1-4H3/p+1/t24-/m1/s1. The summed E-state index contributed by atoms with van der Waals surface area (Å²) in [5, 5.41) is 5.39. The monoisotopic (exact) mass is 465 g/mol. The highest BCUT2D eigenvalue weighted by Crippen LogP contribution is 2.38. The van der Waals surface area contributed by atoms with Gasteiger partial charge in [0.25, 0.3) is 6.17 Å². The predicted octanol–water partition coefficient (Wildman–Crippen LogP) is 4.24. The molecule has 8 heteroatoms. The van der Waals surface area contributed by atoms with E-state index in [1.165, 1.54) is 11.8 Å². The SMILES string of the molecule is CCCCCSc1n[n+]2c(c(=O)[nH]1)-c1ccccc1N(C(C)=O)[C@H]2c1ccc(OC)c(C)c1. The molecule has 1 N–H and O–H groups in total. The molecule has 0 spiro atoms. The summed E-state index contributed by atoms with van der Waals surface area (Å²) >= 11 is 1.53. The van der Waals surface area contributed by atoms with Gasteiger partial charge in [0.15, 0.2) is 0 Å². The number of aromatic amines is 1. The van der Waals surface area contributed by atoms with E-state index in [1.54, 1.807) is 23.6 Å². The molecule has 172 valence electrons. The molecule has 0 radical (unpaired) electrons. The van der Waals surface area contributed by atoms with Crippen molar-refractivity contribution < 1.29 is 14.2 Å². The number of anilines is 1. The third kappa shape index (κ3) is 4.39. The van der Waals surface area contributed by atoms with Crippen LogP contribution in [-0.4, -0.2) is 28.9 Å². The smallest absolute Gasteiger partial charge is 0.325 e. The second-order valence-electron chi connectivity index (χ2n) is 8.12. The van der Waals surface area contributed by atoms with Gasteiger partial charge in [0, 0.05) is 23.3 Å². The zero-order valence-corrected chi connectivity index (χ0v) is 20.2. The van der Waals surface area contributed by atoms with Gasteiger partial charge in [-0.05, 0) is 53.9 Å². The minimum atomic E-state index is -0.589. The molecular formula is C25H29N4O3S+. The summed E-state index contributed by atoms with van der Waals surface area (Å²) < 4.78 is 7.13. The number of hydrogen-bond acceptors (Lipinski definition) is 5. The molecule has 0 fully saturated rings. The molecule has 1 atom stereocenters. The molecule has 0 bridgehead atoms. The first-order chi connectivity index (χ1) is 16.0. The van der Waals surface area contributed by atoms with E-state index in [9.17, 15) is 9.59 Å². The quantitative estimate of drug-likeness (QED) is 0.321. The lowest BCUT2D eigenvalue weighted by atomic mass is 10.0. The van der Waals surface area contributed by atoms with E-state index in [4.69, 9.17) is 9.84 Å². The van der Waals surface area contributed by atoms with Crippen LogP contribution in [0.3, 0.4) is 0 Å². The Balaban J connectivity index is 1.92. The summed E-state index contributed by atoms with van der Waals surface area (Å²) in [6, 6.07) is 13.3. The highest BCUT2D eigenvalue weighted by molar-refractivity contribution is 7.99. The summed E-state index contributed by atoms with van der Waals surface area (Å²) in [6.45, 7) is 5.66. The normalized spacial score (nSPS) is 14.5. The minimum Gasteiger partial charge on any atom is -0.496 e. The number of carbonyl (C=O) groups excluding carboxylic acids is 1. The largest absolute Gasteiger partial charge is 0.496 e. The molecule has 1 aromatic heterocycles. The highest BCUT2D eigenvalue weighted by Gasteiger charge is 2.44. The fraction of sp³-hybridized carbons (Fsp3) is 0.360. The Morgan fingerprint density at radius 3 is 2.73 bits per heavy atom. The third-order valence-corrected chi connectivity index (χ3v) is 6.75. The number of fused-ring (bicyclic) bond motifs is 3. The Labute approximate surface area is 197 Å². The molecule has 1 aliphatic heterocycles. The van der Waals surface area contributed by atoms with Gasteiger partial charge >= 0.3 is 11.3 Å². The average molecular weight is 466 g/mol. The molecule has 7 nitrogen and oxygen atoms in total. The number of aryl methyl sites for hydroxylation is 1. The number of aromatic nitrogens is 3. The summed E-state index contributed by atoms with van der Waals surface area (Å²) in [5.74, 6) is 1.51. The minimum absolute atomic E-state index is 0.127. The summed E-state index contributed by atoms with van der Waals surface area (Å²) in [7, 11) is 1.63. The second-order valence-corrected chi connectivity index (χ2v) is 9.20. The summed E-state index contributed by atoms with van der Waals surface area (Å²) in [5.41, 5.74) is 3.40. The van der Waals surface area contributed by atoms with Crippen LogP contribution in [0.1, 0.15) is 50.4 Å². The van der Waals surface area contributed by atoms with Gasteiger partial charge in [0.1, 0.15) is 5.75 Å². The Bertz CT molecular complexity index is 1240. The van der Waals surface area contributed by atoms with E-state index in [0.29, 0.717) is 22.1 Å². The van der Waals surface area contributed by atoms with E-state index < -0.39 is 6.17 Å². The van der Waals surface area contributed by atoms with Crippen molar-refractivity contribution in [2.75, 3.05) is 17.8 Å². The number of benzene rings is 2. The zero-order chi connectivity index (χ0) is 23.5. The van der Waals surface area contributed by atoms with Crippen LogP contribution in [0.25, 0.3) is 11.3 Å². The van der Waals surface area contributed by atoms with Crippen LogP contribution >= 0.6 is 11.8 Å². The molecule has 33 heavy (non-hydrogen) atoms. The Kier molecular flexibility index (Phi) is 6.83. The fourth-order valence-electron chi connectivity index (χ4n) is 4.26. The van der Waals surface area contributed by atoms with Crippen molar-refractivity contribution in [2.45, 2.75) is 51.4 Å². The maximum Gasteiger partial charge on any atom is 0.325 e. The van der Waals surface area contributed by atoms with Gasteiger partial charge in [0.05, 0.1) is 18.4 Å². The van der Waals surface area contributed by atoms with Crippen LogP contribution in [-0.2, 0) is 4.79 Å². The molecule has 0 unspecified atom stereocenters. The highest BCUT2D eigenvalue weighted by atomic mass is 32.2. The first kappa shape index (κ1) is 23.0. The molecule has 4 rings (SSSR count). The van der Waals surface area contributed by atoms with E-state index in [1.807, 2.05) is 49.4 Å². The van der Waals surface area contributed by atoms with Crippen molar-refractivity contribution in [3.63, 3.8) is 0 Å². The number of nitrogens with zero attached hydrogens (tertiary/aromatic N) is 3. The molecule has 0 saturated carbocycles. The first-order valence-corrected chi connectivity index (χ1v) is 12.2. The maximum atomic E-state index is 13.3. The number of ether oxygens (including phenoxy) is 1. The zero-order valence-electron chi connectivity index (χ0n) is 19.4. The van der Waals surface area contributed by atoms with Crippen LogP contribution in [0.5, 0.6) is 5.75 Å². The van der Waals surface area contributed by atoms with Gasteiger partial charge in [-0.2, -0.15) is 0 Å². The number of para-hydroxylation sites is 1. The molecule has 1 amide bonds. The summed E-state index contributed by atoms with van der Waals surface area (Å²) in [6.07, 6.45) is 2.73.